The van der Waals surface area contributed by atoms with E-state index in [2.05, 4.69) is 24.1 Å². The Morgan fingerprint density at radius 2 is 1.95 bits per heavy atom. The first-order valence-electron chi connectivity index (χ1n) is 7.87. The molecule has 0 amide bonds. The monoisotopic (exact) mass is 276 g/mol. The first-order chi connectivity index (χ1) is 9.66. The number of benzene rings is 1. The normalized spacial score (nSPS) is 22.7. The van der Waals surface area contributed by atoms with Gasteiger partial charge in [-0.1, -0.05) is 30.3 Å². The molecule has 0 bridgehead atoms. The van der Waals surface area contributed by atoms with Gasteiger partial charge < -0.3 is 15.3 Å². The van der Waals surface area contributed by atoms with Gasteiger partial charge in [-0.2, -0.15) is 0 Å². The van der Waals surface area contributed by atoms with Gasteiger partial charge in [-0.15, -0.1) is 0 Å². The Hall–Kier alpha value is -0.900. The van der Waals surface area contributed by atoms with Crippen molar-refractivity contribution in [3.05, 3.63) is 35.9 Å². The van der Waals surface area contributed by atoms with Crippen molar-refractivity contribution in [2.24, 2.45) is 0 Å². The van der Waals surface area contributed by atoms with Gasteiger partial charge >= 0.3 is 0 Å². The summed E-state index contributed by atoms with van der Waals surface area (Å²) in [6.45, 7) is 7.56. The highest BCUT2D eigenvalue weighted by molar-refractivity contribution is 5.17. The van der Waals surface area contributed by atoms with Gasteiger partial charge in [0.05, 0.1) is 6.10 Å². The van der Waals surface area contributed by atoms with Gasteiger partial charge in [-0.3, -0.25) is 0 Å². The number of nitrogens with one attached hydrogen (secondary N) is 1. The van der Waals surface area contributed by atoms with E-state index in [0.717, 1.165) is 12.1 Å². The third-order valence-corrected chi connectivity index (χ3v) is 4.28. The topological polar surface area (TPSA) is 35.5 Å². The van der Waals surface area contributed by atoms with Crippen LogP contribution in [0, 0.1) is 0 Å². The number of aliphatic hydroxyl groups is 1. The van der Waals surface area contributed by atoms with E-state index in [-0.39, 0.29) is 0 Å². The van der Waals surface area contributed by atoms with Crippen LogP contribution in [0.4, 0.5) is 0 Å². The summed E-state index contributed by atoms with van der Waals surface area (Å²) in [5.74, 6) is 0. The van der Waals surface area contributed by atoms with Crippen molar-refractivity contribution in [1.82, 2.24) is 10.2 Å². The number of nitrogens with zero attached hydrogens (tertiary/aromatic N) is 1. The van der Waals surface area contributed by atoms with Crippen LogP contribution < -0.4 is 5.32 Å². The fourth-order valence-electron chi connectivity index (χ4n) is 2.91. The molecular weight excluding hydrogens is 248 g/mol. The predicted octanol–water partition coefficient (Wildman–Crippen LogP) is 2.57. The molecule has 0 saturated carbocycles. The molecule has 2 N–H and O–H groups in total. The highest BCUT2D eigenvalue weighted by Crippen LogP contribution is 2.15. The number of likely N-dealkylation sites (tertiary alicyclic amines) is 1. The largest absolute Gasteiger partial charge is 0.387 e. The summed E-state index contributed by atoms with van der Waals surface area (Å²) in [7, 11) is 0. The summed E-state index contributed by atoms with van der Waals surface area (Å²) in [5.41, 5.74) is 0.998. The molecule has 0 aliphatic carbocycles. The van der Waals surface area contributed by atoms with Crippen molar-refractivity contribution >= 4 is 0 Å². The molecule has 3 heteroatoms. The van der Waals surface area contributed by atoms with Crippen molar-refractivity contribution in [3.8, 4) is 0 Å². The van der Waals surface area contributed by atoms with Crippen LogP contribution in [0.15, 0.2) is 30.3 Å². The summed E-state index contributed by atoms with van der Waals surface area (Å²) in [4.78, 5) is 2.55. The third kappa shape index (κ3) is 4.58. The van der Waals surface area contributed by atoms with Crippen LogP contribution in [0.2, 0.25) is 0 Å². The third-order valence-electron chi connectivity index (χ3n) is 4.28. The Kier molecular flexibility index (Phi) is 6.02. The van der Waals surface area contributed by atoms with Gasteiger partial charge in [0.15, 0.2) is 0 Å². The molecule has 20 heavy (non-hydrogen) atoms. The summed E-state index contributed by atoms with van der Waals surface area (Å²) >= 11 is 0. The Labute approximate surface area is 123 Å². The van der Waals surface area contributed by atoms with Crippen LogP contribution in [0.5, 0.6) is 0 Å². The van der Waals surface area contributed by atoms with Crippen molar-refractivity contribution in [3.63, 3.8) is 0 Å². The summed E-state index contributed by atoms with van der Waals surface area (Å²) < 4.78 is 0. The van der Waals surface area contributed by atoms with E-state index in [1.165, 1.54) is 25.8 Å². The molecule has 0 radical (unpaired) electrons. The second kappa shape index (κ2) is 7.77. The van der Waals surface area contributed by atoms with E-state index in [0.29, 0.717) is 18.6 Å². The van der Waals surface area contributed by atoms with Crippen molar-refractivity contribution < 1.29 is 5.11 Å². The van der Waals surface area contributed by atoms with Crippen LogP contribution in [0.25, 0.3) is 0 Å². The second-order valence-corrected chi connectivity index (χ2v) is 6.09. The van der Waals surface area contributed by atoms with Crippen LogP contribution >= 0.6 is 0 Å². The van der Waals surface area contributed by atoms with Gasteiger partial charge in [0.2, 0.25) is 0 Å². The number of rotatable bonds is 5. The summed E-state index contributed by atoms with van der Waals surface area (Å²) in [6, 6.07) is 11.1. The Morgan fingerprint density at radius 3 is 2.65 bits per heavy atom. The van der Waals surface area contributed by atoms with E-state index in [9.17, 15) is 5.11 Å². The van der Waals surface area contributed by atoms with E-state index >= 15 is 0 Å². The lowest BCUT2D eigenvalue weighted by Gasteiger charge is -2.24. The lowest BCUT2D eigenvalue weighted by Crippen LogP contribution is -2.35. The Balaban J connectivity index is 1.77. The van der Waals surface area contributed by atoms with E-state index < -0.39 is 6.10 Å². The molecule has 1 fully saturated rings. The van der Waals surface area contributed by atoms with Crippen LogP contribution in [0.1, 0.15) is 44.8 Å². The smallest absolute Gasteiger partial charge is 0.0914 e. The number of hydrogen-bond donors (Lipinski definition) is 2. The lowest BCUT2D eigenvalue weighted by atomic mass is 10.1. The van der Waals surface area contributed by atoms with Crippen LogP contribution in [-0.2, 0) is 0 Å². The number of hydrogen-bond acceptors (Lipinski definition) is 3. The molecule has 1 heterocycles. The minimum absolute atomic E-state index is 0.402. The van der Waals surface area contributed by atoms with Crippen LogP contribution in [-0.4, -0.2) is 41.7 Å². The Bertz CT molecular complexity index is 380. The molecule has 1 aromatic carbocycles. The molecule has 1 aliphatic heterocycles. The van der Waals surface area contributed by atoms with Gasteiger partial charge in [0, 0.05) is 18.6 Å². The maximum Gasteiger partial charge on any atom is 0.0914 e. The quantitative estimate of drug-likeness (QED) is 0.867. The standard InChI is InChI=1S/C17H28N2O/c1-14(2)19-11-6-9-16(10-12-19)18-13-17(20)15-7-4-3-5-8-15/h3-5,7-8,14,16-18,20H,6,9-13H2,1-2H3. The van der Waals surface area contributed by atoms with E-state index in [1.54, 1.807) is 0 Å². The SMILES string of the molecule is CC(C)N1CCCC(NCC(O)c2ccccc2)CC1. The van der Waals surface area contributed by atoms with Gasteiger partial charge in [-0.05, 0) is 51.8 Å². The zero-order valence-corrected chi connectivity index (χ0v) is 12.8. The average molecular weight is 276 g/mol. The molecule has 3 nitrogen and oxygen atoms in total. The van der Waals surface area contributed by atoms with E-state index in [1.807, 2.05) is 30.3 Å². The summed E-state index contributed by atoms with van der Waals surface area (Å²) in [5, 5.41) is 13.7. The van der Waals surface area contributed by atoms with Crippen LogP contribution in [0.3, 0.4) is 0 Å². The van der Waals surface area contributed by atoms with Gasteiger partial charge in [0.1, 0.15) is 0 Å². The maximum atomic E-state index is 10.2. The van der Waals surface area contributed by atoms with Gasteiger partial charge in [0.25, 0.3) is 0 Å². The highest BCUT2D eigenvalue weighted by atomic mass is 16.3. The zero-order valence-electron chi connectivity index (χ0n) is 12.8. The minimum atomic E-state index is -0.402. The predicted molar refractivity (Wildman–Crippen MR) is 83.8 cm³/mol. The molecular formula is C17H28N2O. The first-order valence-corrected chi connectivity index (χ1v) is 7.87. The minimum Gasteiger partial charge on any atom is -0.387 e. The fourth-order valence-corrected chi connectivity index (χ4v) is 2.91. The molecule has 2 atom stereocenters. The average Bonchev–Trinajstić information content (AvgIpc) is 2.71. The van der Waals surface area contributed by atoms with Crippen molar-refractivity contribution in [1.29, 1.82) is 0 Å². The van der Waals surface area contributed by atoms with Crippen molar-refractivity contribution in [2.75, 3.05) is 19.6 Å². The van der Waals surface area contributed by atoms with Gasteiger partial charge in [-0.25, -0.2) is 0 Å². The molecule has 0 spiro atoms. The zero-order chi connectivity index (χ0) is 14.4. The first kappa shape index (κ1) is 15.5. The molecule has 1 saturated heterocycles. The van der Waals surface area contributed by atoms with Crippen molar-refractivity contribution in [2.45, 2.75) is 51.3 Å². The van der Waals surface area contributed by atoms with E-state index in [4.69, 9.17) is 0 Å². The molecule has 1 aromatic rings. The second-order valence-electron chi connectivity index (χ2n) is 6.09. The number of aliphatic hydroxyl groups excluding tert-OH is 1. The molecule has 0 aromatic heterocycles. The highest BCUT2D eigenvalue weighted by Gasteiger charge is 2.19. The molecule has 112 valence electrons. The molecule has 2 unspecified atom stereocenters. The Morgan fingerprint density at radius 1 is 1.20 bits per heavy atom. The maximum absolute atomic E-state index is 10.2. The summed E-state index contributed by atoms with van der Waals surface area (Å²) in [6.07, 6.45) is 3.24. The molecule has 2 rings (SSSR count). The fraction of sp³-hybridized carbons (Fsp3) is 0.647. The molecule has 1 aliphatic rings. The lowest BCUT2D eigenvalue weighted by molar-refractivity contribution is 0.167.